The third-order valence-electron chi connectivity index (χ3n) is 3.75. The van der Waals surface area contributed by atoms with Crippen molar-refractivity contribution < 1.29 is 0 Å². The minimum absolute atomic E-state index is 0.444. The third-order valence-corrected chi connectivity index (χ3v) is 3.75. The fraction of sp³-hybridized carbons (Fsp3) is 0.316. The monoisotopic (exact) mass is 295 g/mol. The first-order valence-corrected chi connectivity index (χ1v) is 7.74. The molecule has 0 radical (unpaired) electrons. The van der Waals surface area contributed by atoms with E-state index in [4.69, 9.17) is 0 Å². The average molecular weight is 295 g/mol. The van der Waals surface area contributed by atoms with Crippen molar-refractivity contribution in [2.45, 2.75) is 26.3 Å². The molecule has 0 amide bonds. The number of benzene rings is 2. The van der Waals surface area contributed by atoms with Crippen LogP contribution < -0.4 is 10.6 Å². The molecule has 3 heteroatoms. The van der Waals surface area contributed by atoms with Crippen molar-refractivity contribution in [1.29, 1.82) is 0 Å². The number of guanidine groups is 1. The van der Waals surface area contributed by atoms with Crippen LogP contribution in [0.1, 0.15) is 29.5 Å². The van der Waals surface area contributed by atoms with Gasteiger partial charge in [0.25, 0.3) is 0 Å². The second kappa shape index (κ2) is 8.23. The van der Waals surface area contributed by atoms with Gasteiger partial charge in [-0.1, -0.05) is 67.1 Å². The average Bonchev–Trinajstić information content (AvgIpc) is 2.57. The molecule has 0 aliphatic carbocycles. The van der Waals surface area contributed by atoms with Gasteiger partial charge in [0.1, 0.15) is 0 Å². The lowest BCUT2D eigenvalue weighted by Crippen LogP contribution is -2.38. The van der Waals surface area contributed by atoms with Gasteiger partial charge in [-0.25, -0.2) is 0 Å². The molecule has 0 spiro atoms. The van der Waals surface area contributed by atoms with Crippen LogP contribution in [0.4, 0.5) is 0 Å². The summed E-state index contributed by atoms with van der Waals surface area (Å²) in [6, 6.07) is 19.1. The summed E-state index contributed by atoms with van der Waals surface area (Å²) < 4.78 is 0. The summed E-state index contributed by atoms with van der Waals surface area (Å²) in [5.74, 6) is 1.28. The molecule has 2 N–H and O–H groups in total. The van der Waals surface area contributed by atoms with E-state index < -0.39 is 0 Å². The van der Waals surface area contributed by atoms with Crippen molar-refractivity contribution in [1.82, 2.24) is 10.6 Å². The maximum Gasteiger partial charge on any atom is 0.191 e. The Morgan fingerprint density at radius 2 is 1.68 bits per heavy atom. The van der Waals surface area contributed by atoms with Gasteiger partial charge in [-0.05, 0) is 24.0 Å². The standard InChI is InChI=1S/C19H25N3/c1-15-9-11-17(12-10-15)14-22-19(20-3)21-13-16(2)18-7-5-4-6-8-18/h4-12,16H,13-14H2,1-3H3,(H2,20,21,22). The molecule has 0 aromatic heterocycles. The van der Waals surface area contributed by atoms with Gasteiger partial charge in [0.15, 0.2) is 5.96 Å². The lowest BCUT2D eigenvalue weighted by molar-refractivity contribution is 0.699. The van der Waals surface area contributed by atoms with Crippen molar-refractivity contribution in [3.63, 3.8) is 0 Å². The number of hydrogen-bond acceptors (Lipinski definition) is 1. The molecule has 0 aliphatic rings. The number of nitrogens with one attached hydrogen (secondary N) is 2. The van der Waals surface area contributed by atoms with Crippen LogP contribution in [-0.2, 0) is 6.54 Å². The molecular formula is C19H25N3. The van der Waals surface area contributed by atoms with Crippen LogP contribution in [0.15, 0.2) is 59.6 Å². The second-order valence-corrected chi connectivity index (χ2v) is 5.60. The molecule has 0 heterocycles. The van der Waals surface area contributed by atoms with Gasteiger partial charge in [0, 0.05) is 20.1 Å². The molecule has 0 fully saturated rings. The van der Waals surface area contributed by atoms with Crippen LogP contribution in [0.3, 0.4) is 0 Å². The SMILES string of the molecule is CN=C(NCc1ccc(C)cc1)NCC(C)c1ccccc1. The molecule has 22 heavy (non-hydrogen) atoms. The van der Waals surface area contributed by atoms with E-state index in [0.29, 0.717) is 5.92 Å². The van der Waals surface area contributed by atoms with E-state index in [1.807, 2.05) is 6.07 Å². The van der Waals surface area contributed by atoms with E-state index in [2.05, 4.69) is 78.0 Å². The van der Waals surface area contributed by atoms with Crippen molar-refractivity contribution in [2.24, 2.45) is 4.99 Å². The van der Waals surface area contributed by atoms with Gasteiger partial charge < -0.3 is 10.6 Å². The first-order chi connectivity index (χ1) is 10.7. The van der Waals surface area contributed by atoms with Crippen LogP contribution in [0.2, 0.25) is 0 Å². The Kier molecular flexibility index (Phi) is 6.01. The zero-order valence-electron chi connectivity index (χ0n) is 13.6. The van der Waals surface area contributed by atoms with E-state index >= 15 is 0 Å². The van der Waals surface area contributed by atoms with Crippen molar-refractivity contribution in [2.75, 3.05) is 13.6 Å². The fourth-order valence-electron chi connectivity index (χ4n) is 2.26. The highest BCUT2D eigenvalue weighted by Gasteiger charge is 2.06. The molecular weight excluding hydrogens is 270 g/mol. The Bertz CT molecular complexity index is 588. The summed E-state index contributed by atoms with van der Waals surface area (Å²) in [7, 11) is 1.80. The molecule has 3 nitrogen and oxygen atoms in total. The van der Waals surface area contributed by atoms with Gasteiger partial charge in [-0.3, -0.25) is 4.99 Å². The molecule has 0 saturated heterocycles. The quantitative estimate of drug-likeness (QED) is 0.654. The predicted molar refractivity (Wildman–Crippen MR) is 94.2 cm³/mol. The van der Waals surface area contributed by atoms with E-state index in [-0.39, 0.29) is 0 Å². The molecule has 0 bridgehead atoms. The van der Waals surface area contributed by atoms with E-state index in [0.717, 1.165) is 19.0 Å². The van der Waals surface area contributed by atoms with Crippen LogP contribution in [0.25, 0.3) is 0 Å². The topological polar surface area (TPSA) is 36.4 Å². The van der Waals surface area contributed by atoms with Crippen molar-refractivity contribution in [3.8, 4) is 0 Å². The van der Waals surface area contributed by atoms with Crippen LogP contribution in [0.5, 0.6) is 0 Å². The highest BCUT2D eigenvalue weighted by Crippen LogP contribution is 2.12. The van der Waals surface area contributed by atoms with Gasteiger partial charge >= 0.3 is 0 Å². The minimum Gasteiger partial charge on any atom is -0.356 e. The van der Waals surface area contributed by atoms with E-state index in [1.165, 1.54) is 16.7 Å². The lowest BCUT2D eigenvalue weighted by Gasteiger charge is -2.16. The van der Waals surface area contributed by atoms with Crippen LogP contribution in [0, 0.1) is 6.92 Å². The van der Waals surface area contributed by atoms with E-state index in [1.54, 1.807) is 7.05 Å². The molecule has 1 atom stereocenters. The Labute approximate surface area is 133 Å². The molecule has 2 aromatic carbocycles. The third kappa shape index (κ3) is 4.92. The zero-order chi connectivity index (χ0) is 15.8. The molecule has 116 valence electrons. The summed E-state index contributed by atoms with van der Waals surface area (Å²) in [6.07, 6.45) is 0. The van der Waals surface area contributed by atoms with Gasteiger partial charge in [-0.2, -0.15) is 0 Å². The largest absolute Gasteiger partial charge is 0.356 e. The molecule has 1 unspecified atom stereocenters. The lowest BCUT2D eigenvalue weighted by atomic mass is 10.0. The predicted octanol–water partition coefficient (Wildman–Crippen LogP) is 3.46. The summed E-state index contributed by atoms with van der Waals surface area (Å²) in [5, 5.41) is 6.74. The Morgan fingerprint density at radius 3 is 2.32 bits per heavy atom. The van der Waals surface area contributed by atoms with E-state index in [9.17, 15) is 0 Å². The number of rotatable bonds is 5. The summed E-state index contributed by atoms with van der Waals surface area (Å²) in [6.45, 7) is 5.95. The molecule has 2 aromatic rings. The number of aliphatic imine (C=N–C) groups is 1. The number of nitrogens with zero attached hydrogens (tertiary/aromatic N) is 1. The minimum atomic E-state index is 0.444. The van der Waals surface area contributed by atoms with Crippen molar-refractivity contribution in [3.05, 3.63) is 71.3 Å². The summed E-state index contributed by atoms with van der Waals surface area (Å²) >= 11 is 0. The summed E-state index contributed by atoms with van der Waals surface area (Å²) in [4.78, 5) is 4.28. The Hall–Kier alpha value is -2.29. The highest BCUT2D eigenvalue weighted by molar-refractivity contribution is 5.79. The molecule has 2 rings (SSSR count). The van der Waals surface area contributed by atoms with Crippen LogP contribution >= 0.6 is 0 Å². The molecule has 0 saturated carbocycles. The smallest absolute Gasteiger partial charge is 0.191 e. The first kappa shape index (κ1) is 16.1. The fourth-order valence-corrected chi connectivity index (χ4v) is 2.26. The van der Waals surface area contributed by atoms with Gasteiger partial charge in [0.05, 0.1) is 0 Å². The maximum absolute atomic E-state index is 4.28. The van der Waals surface area contributed by atoms with Crippen molar-refractivity contribution >= 4 is 5.96 Å². The van der Waals surface area contributed by atoms with Crippen LogP contribution in [-0.4, -0.2) is 19.6 Å². The van der Waals surface area contributed by atoms with Gasteiger partial charge in [-0.15, -0.1) is 0 Å². The normalized spacial score (nSPS) is 12.8. The Morgan fingerprint density at radius 1 is 1.00 bits per heavy atom. The van der Waals surface area contributed by atoms with Gasteiger partial charge in [0.2, 0.25) is 0 Å². The zero-order valence-corrected chi connectivity index (χ0v) is 13.6. The first-order valence-electron chi connectivity index (χ1n) is 7.74. The Balaban J connectivity index is 1.81. The number of hydrogen-bond donors (Lipinski definition) is 2. The maximum atomic E-state index is 4.28. The second-order valence-electron chi connectivity index (χ2n) is 5.60. The highest BCUT2D eigenvalue weighted by atomic mass is 15.2. The molecule has 0 aliphatic heterocycles. The summed E-state index contributed by atoms with van der Waals surface area (Å²) in [5.41, 5.74) is 3.87. The number of aryl methyl sites for hydroxylation is 1.